The summed E-state index contributed by atoms with van der Waals surface area (Å²) in [5.41, 5.74) is 3.02. The summed E-state index contributed by atoms with van der Waals surface area (Å²) in [5, 5.41) is 7.46. The first kappa shape index (κ1) is 17.1. The number of hydrogen-bond acceptors (Lipinski definition) is 4. The van der Waals surface area contributed by atoms with Crippen molar-refractivity contribution in [2.75, 3.05) is 19.6 Å². The van der Waals surface area contributed by atoms with Crippen molar-refractivity contribution in [3.05, 3.63) is 36.0 Å². The lowest BCUT2D eigenvalue weighted by molar-refractivity contribution is -0.121. The van der Waals surface area contributed by atoms with E-state index in [0.717, 1.165) is 35.7 Å². The summed E-state index contributed by atoms with van der Waals surface area (Å²) in [6, 6.07) is 8.53. The second kappa shape index (κ2) is 7.50. The standard InChI is InChI=1S/C20H26N4O2/c1-15-6-4-5-10-23(15)11-9-21-19(25)13-24-20-16(12-22-24)14-26-18-8-3-2-7-17(18)20/h2-3,7-8,12,15H,4-6,9-11,13-14H2,1H3,(H,21,25). The smallest absolute Gasteiger partial charge is 0.241 e. The molecule has 1 fully saturated rings. The summed E-state index contributed by atoms with van der Waals surface area (Å²) >= 11 is 0. The van der Waals surface area contributed by atoms with Crippen LogP contribution in [0.5, 0.6) is 5.75 Å². The number of likely N-dealkylation sites (tertiary alicyclic amines) is 1. The maximum atomic E-state index is 12.4. The highest BCUT2D eigenvalue weighted by Crippen LogP contribution is 2.36. The molecule has 0 spiro atoms. The Labute approximate surface area is 154 Å². The quantitative estimate of drug-likeness (QED) is 0.896. The third-order valence-corrected chi connectivity index (χ3v) is 5.40. The molecule has 6 nitrogen and oxygen atoms in total. The lowest BCUT2D eigenvalue weighted by Crippen LogP contribution is -2.43. The zero-order valence-electron chi connectivity index (χ0n) is 15.3. The summed E-state index contributed by atoms with van der Waals surface area (Å²) in [5.74, 6) is 0.853. The average molecular weight is 354 g/mol. The van der Waals surface area contributed by atoms with E-state index in [1.54, 1.807) is 10.9 Å². The van der Waals surface area contributed by atoms with E-state index < -0.39 is 0 Å². The predicted molar refractivity (Wildman–Crippen MR) is 99.9 cm³/mol. The minimum absolute atomic E-state index is 0.00420. The van der Waals surface area contributed by atoms with E-state index in [9.17, 15) is 4.79 Å². The van der Waals surface area contributed by atoms with E-state index in [4.69, 9.17) is 4.74 Å². The van der Waals surface area contributed by atoms with Gasteiger partial charge in [-0.15, -0.1) is 0 Å². The van der Waals surface area contributed by atoms with Crippen LogP contribution in [0, 0.1) is 0 Å². The number of nitrogens with one attached hydrogen (secondary N) is 1. The van der Waals surface area contributed by atoms with Gasteiger partial charge in [0.1, 0.15) is 18.9 Å². The minimum Gasteiger partial charge on any atom is -0.488 e. The molecule has 0 aliphatic carbocycles. The highest BCUT2D eigenvalue weighted by atomic mass is 16.5. The second-order valence-corrected chi connectivity index (χ2v) is 7.19. The number of carbonyl (C=O) groups excluding carboxylic acids is 1. The van der Waals surface area contributed by atoms with Crippen molar-refractivity contribution in [3.63, 3.8) is 0 Å². The zero-order chi connectivity index (χ0) is 17.9. The van der Waals surface area contributed by atoms with E-state index in [1.165, 1.54) is 19.3 Å². The highest BCUT2D eigenvalue weighted by Gasteiger charge is 2.23. The van der Waals surface area contributed by atoms with Crippen LogP contribution < -0.4 is 10.1 Å². The van der Waals surface area contributed by atoms with E-state index in [0.29, 0.717) is 19.2 Å². The molecule has 0 bridgehead atoms. The third kappa shape index (κ3) is 3.46. The molecular formula is C20H26N4O2. The Balaban J connectivity index is 1.37. The average Bonchev–Trinajstić information content (AvgIpc) is 3.06. The monoisotopic (exact) mass is 354 g/mol. The van der Waals surface area contributed by atoms with Crippen LogP contribution in [0.25, 0.3) is 11.3 Å². The zero-order valence-corrected chi connectivity index (χ0v) is 15.3. The summed E-state index contributed by atoms with van der Waals surface area (Å²) in [6.07, 6.45) is 5.64. The van der Waals surface area contributed by atoms with E-state index in [2.05, 4.69) is 22.2 Å². The van der Waals surface area contributed by atoms with Gasteiger partial charge in [0.15, 0.2) is 0 Å². The predicted octanol–water partition coefficient (Wildman–Crippen LogP) is 2.43. The van der Waals surface area contributed by atoms with Crippen molar-refractivity contribution in [1.82, 2.24) is 20.0 Å². The number of rotatable bonds is 5. The largest absolute Gasteiger partial charge is 0.488 e. The first-order valence-corrected chi connectivity index (χ1v) is 9.50. The Hall–Kier alpha value is -2.34. The van der Waals surface area contributed by atoms with Gasteiger partial charge in [-0.1, -0.05) is 18.6 Å². The Morgan fingerprint density at radius 1 is 1.35 bits per heavy atom. The molecule has 0 saturated carbocycles. The van der Waals surface area contributed by atoms with Gasteiger partial charge < -0.3 is 10.1 Å². The first-order valence-electron chi connectivity index (χ1n) is 9.50. The molecule has 1 aromatic heterocycles. The molecule has 1 atom stereocenters. The second-order valence-electron chi connectivity index (χ2n) is 7.19. The van der Waals surface area contributed by atoms with Crippen LogP contribution in [0.1, 0.15) is 31.7 Å². The number of amides is 1. The summed E-state index contributed by atoms with van der Waals surface area (Å²) in [4.78, 5) is 14.9. The van der Waals surface area contributed by atoms with Crippen molar-refractivity contribution in [2.45, 2.75) is 45.4 Å². The van der Waals surface area contributed by atoms with Crippen LogP contribution in [0.3, 0.4) is 0 Å². The molecular weight excluding hydrogens is 328 g/mol. The van der Waals surface area contributed by atoms with E-state index in [1.807, 2.05) is 24.3 Å². The molecule has 1 N–H and O–H groups in total. The van der Waals surface area contributed by atoms with Gasteiger partial charge in [0, 0.05) is 30.3 Å². The van der Waals surface area contributed by atoms with Crippen LogP contribution in [-0.2, 0) is 17.9 Å². The SMILES string of the molecule is CC1CCCCN1CCNC(=O)Cn1ncc2c1-c1ccccc1OC2. The number of aromatic nitrogens is 2. The number of nitrogens with zero attached hydrogens (tertiary/aromatic N) is 3. The molecule has 0 radical (unpaired) electrons. The first-order chi connectivity index (χ1) is 12.7. The fourth-order valence-corrected chi connectivity index (χ4v) is 3.93. The summed E-state index contributed by atoms with van der Waals surface area (Å²) in [7, 11) is 0. The lowest BCUT2D eigenvalue weighted by atomic mass is 10.0. The van der Waals surface area contributed by atoms with Crippen molar-refractivity contribution in [1.29, 1.82) is 0 Å². The van der Waals surface area contributed by atoms with Crippen LogP contribution in [-0.4, -0.2) is 46.3 Å². The Morgan fingerprint density at radius 3 is 3.12 bits per heavy atom. The van der Waals surface area contributed by atoms with Gasteiger partial charge in [-0.2, -0.15) is 5.10 Å². The van der Waals surface area contributed by atoms with Gasteiger partial charge in [-0.25, -0.2) is 0 Å². The fraction of sp³-hybridized carbons (Fsp3) is 0.500. The summed E-state index contributed by atoms with van der Waals surface area (Å²) < 4.78 is 7.54. The lowest BCUT2D eigenvalue weighted by Gasteiger charge is -2.33. The van der Waals surface area contributed by atoms with Crippen molar-refractivity contribution < 1.29 is 9.53 Å². The van der Waals surface area contributed by atoms with Crippen molar-refractivity contribution in [3.8, 4) is 17.0 Å². The number of para-hydroxylation sites is 1. The molecule has 3 heterocycles. The minimum atomic E-state index is 0.00420. The maximum Gasteiger partial charge on any atom is 0.241 e. The topological polar surface area (TPSA) is 59.4 Å². The number of hydrogen-bond donors (Lipinski definition) is 1. The van der Waals surface area contributed by atoms with Crippen LogP contribution in [0.15, 0.2) is 30.5 Å². The normalized spacial score (nSPS) is 19.3. The van der Waals surface area contributed by atoms with Gasteiger partial charge >= 0.3 is 0 Å². The van der Waals surface area contributed by atoms with Crippen LogP contribution in [0.4, 0.5) is 0 Å². The maximum absolute atomic E-state index is 12.4. The molecule has 2 aliphatic rings. The number of fused-ring (bicyclic) bond motifs is 3. The molecule has 138 valence electrons. The molecule has 2 aromatic rings. The van der Waals surface area contributed by atoms with Gasteiger partial charge in [-0.05, 0) is 38.4 Å². The van der Waals surface area contributed by atoms with Crippen LogP contribution >= 0.6 is 0 Å². The van der Waals surface area contributed by atoms with E-state index >= 15 is 0 Å². The molecule has 1 unspecified atom stereocenters. The molecule has 26 heavy (non-hydrogen) atoms. The van der Waals surface area contributed by atoms with Gasteiger partial charge in [0.2, 0.25) is 5.91 Å². The van der Waals surface area contributed by atoms with Gasteiger partial charge in [0.25, 0.3) is 0 Å². The van der Waals surface area contributed by atoms with E-state index in [-0.39, 0.29) is 12.5 Å². The number of ether oxygens (including phenoxy) is 1. The van der Waals surface area contributed by atoms with Crippen molar-refractivity contribution in [2.24, 2.45) is 0 Å². The molecule has 2 aliphatic heterocycles. The number of benzene rings is 1. The molecule has 1 amide bonds. The molecule has 4 rings (SSSR count). The Morgan fingerprint density at radius 2 is 2.23 bits per heavy atom. The molecule has 1 aromatic carbocycles. The molecule has 1 saturated heterocycles. The van der Waals surface area contributed by atoms with Gasteiger partial charge in [-0.3, -0.25) is 14.4 Å². The van der Waals surface area contributed by atoms with Crippen molar-refractivity contribution >= 4 is 5.91 Å². The fourth-order valence-electron chi connectivity index (χ4n) is 3.93. The highest BCUT2D eigenvalue weighted by molar-refractivity contribution is 5.78. The Bertz CT molecular complexity index is 786. The summed E-state index contributed by atoms with van der Waals surface area (Å²) in [6.45, 7) is 5.75. The van der Waals surface area contributed by atoms with Gasteiger partial charge in [0.05, 0.1) is 11.9 Å². The molecule has 6 heteroatoms. The van der Waals surface area contributed by atoms with Crippen LogP contribution in [0.2, 0.25) is 0 Å². The third-order valence-electron chi connectivity index (χ3n) is 5.40. The Kier molecular flexibility index (Phi) is 4.93. The number of piperidine rings is 1. The number of carbonyl (C=O) groups is 1.